The van der Waals surface area contributed by atoms with Gasteiger partial charge in [0.15, 0.2) is 0 Å². The Balaban J connectivity index is 1.82. The number of anilines is 1. The van der Waals surface area contributed by atoms with Crippen molar-refractivity contribution in [3.63, 3.8) is 0 Å². The van der Waals surface area contributed by atoms with Crippen LogP contribution in [0.15, 0.2) is 59.3 Å². The lowest BCUT2D eigenvalue weighted by Crippen LogP contribution is -2.12. The molecule has 0 unspecified atom stereocenters. The molecule has 0 fully saturated rings. The predicted molar refractivity (Wildman–Crippen MR) is 74.1 cm³/mol. The molecule has 1 heterocycles. The van der Waals surface area contributed by atoms with Crippen molar-refractivity contribution in [3.8, 4) is 11.5 Å². The maximum Gasteiger partial charge on any atom is 0.255 e. The van der Waals surface area contributed by atoms with E-state index in [1.807, 2.05) is 0 Å². The van der Waals surface area contributed by atoms with E-state index in [1.165, 1.54) is 24.6 Å². The second-order valence-electron chi connectivity index (χ2n) is 4.29. The van der Waals surface area contributed by atoms with Crippen molar-refractivity contribution in [2.75, 3.05) is 5.32 Å². The smallest absolute Gasteiger partial charge is 0.255 e. The van der Waals surface area contributed by atoms with Gasteiger partial charge >= 0.3 is 0 Å². The number of nitrogens with zero attached hydrogens (tertiary/aromatic N) is 2. The van der Waals surface area contributed by atoms with Gasteiger partial charge in [-0.3, -0.25) is 4.79 Å². The van der Waals surface area contributed by atoms with Gasteiger partial charge in [0.25, 0.3) is 5.91 Å². The van der Waals surface area contributed by atoms with Crippen LogP contribution in [0.5, 0.6) is 0 Å². The average molecular weight is 283 g/mol. The third-order valence-electron chi connectivity index (χ3n) is 2.81. The van der Waals surface area contributed by atoms with Gasteiger partial charge in [-0.25, -0.2) is 4.39 Å². The van der Waals surface area contributed by atoms with Crippen LogP contribution < -0.4 is 5.32 Å². The summed E-state index contributed by atoms with van der Waals surface area (Å²) in [6.07, 6.45) is 1.23. The van der Waals surface area contributed by atoms with E-state index in [0.717, 1.165) is 0 Å². The summed E-state index contributed by atoms with van der Waals surface area (Å²) in [7, 11) is 0. The second-order valence-corrected chi connectivity index (χ2v) is 4.29. The minimum atomic E-state index is -0.456. The fourth-order valence-electron chi connectivity index (χ4n) is 1.86. The molecule has 0 aliphatic carbocycles. The summed E-state index contributed by atoms with van der Waals surface area (Å²) in [4.78, 5) is 12.0. The highest BCUT2D eigenvalue weighted by Gasteiger charge is 2.09. The monoisotopic (exact) mass is 283 g/mol. The Labute approximate surface area is 119 Å². The van der Waals surface area contributed by atoms with Gasteiger partial charge in [0.1, 0.15) is 5.82 Å². The number of carbonyl (C=O) groups is 1. The summed E-state index contributed by atoms with van der Waals surface area (Å²) >= 11 is 0. The number of hydrogen-bond donors (Lipinski definition) is 1. The van der Waals surface area contributed by atoms with Gasteiger partial charge < -0.3 is 9.73 Å². The highest BCUT2D eigenvalue weighted by Crippen LogP contribution is 2.20. The molecule has 1 N–H and O–H groups in total. The van der Waals surface area contributed by atoms with Crippen molar-refractivity contribution < 1.29 is 13.6 Å². The maximum absolute atomic E-state index is 13.1. The molecule has 0 aliphatic heterocycles. The van der Waals surface area contributed by atoms with Crippen molar-refractivity contribution in [1.82, 2.24) is 10.2 Å². The molecule has 0 bridgehead atoms. The highest BCUT2D eigenvalue weighted by molar-refractivity contribution is 6.04. The number of hydrogen-bond acceptors (Lipinski definition) is 4. The van der Waals surface area contributed by atoms with Crippen LogP contribution in [-0.4, -0.2) is 16.1 Å². The van der Waals surface area contributed by atoms with Gasteiger partial charge in [-0.2, -0.15) is 0 Å². The first-order valence-electron chi connectivity index (χ1n) is 6.16. The average Bonchev–Trinajstić information content (AvgIpc) is 3.02. The molecule has 2 aromatic carbocycles. The minimum absolute atomic E-state index is 0.248. The fraction of sp³-hybridized carbons (Fsp3) is 0. The highest BCUT2D eigenvalue weighted by atomic mass is 19.1. The molecule has 0 spiro atoms. The van der Waals surface area contributed by atoms with Crippen LogP contribution >= 0.6 is 0 Å². The van der Waals surface area contributed by atoms with E-state index >= 15 is 0 Å². The molecule has 1 aromatic heterocycles. The van der Waals surface area contributed by atoms with Gasteiger partial charge in [-0.05, 0) is 36.4 Å². The Kier molecular flexibility index (Phi) is 3.42. The Bertz CT molecular complexity index is 772. The van der Waals surface area contributed by atoms with Crippen molar-refractivity contribution in [2.45, 2.75) is 0 Å². The van der Waals surface area contributed by atoms with Crippen LogP contribution in [0, 0.1) is 5.82 Å². The maximum atomic E-state index is 13.1. The number of benzene rings is 2. The molecule has 0 aliphatic rings. The first-order valence-corrected chi connectivity index (χ1v) is 6.16. The van der Waals surface area contributed by atoms with E-state index in [2.05, 4.69) is 15.5 Å². The van der Waals surface area contributed by atoms with E-state index in [1.54, 1.807) is 30.3 Å². The van der Waals surface area contributed by atoms with Gasteiger partial charge in [0.05, 0.1) is 0 Å². The Morgan fingerprint density at radius 2 is 2.00 bits per heavy atom. The lowest BCUT2D eigenvalue weighted by molar-refractivity contribution is 0.102. The summed E-state index contributed by atoms with van der Waals surface area (Å²) in [5.41, 5.74) is 1.49. The van der Waals surface area contributed by atoms with Gasteiger partial charge in [0, 0.05) is 16.8 Å². The summed E-state index contributed by atoms with van der Waals surface area (Å²) < 4.78 is 18.2. The minimum Gasteiger partial charge on any atom is -0.423 e. The number of rotatable bonds is 3. The molecule has 0 saturated carbocycles. The van der Waals surface area contributed by atoms with E-state index < -0.39 is 11.7 Å². The molecule has 21 heavy (non-hydrogen) atoms. The van der Waals surface area contributed by atoms with Crippen molar-refractivity contribution in [1.29, 1.82) is 0 Å². The summed E-state index contributed by atoms with van der Waals surface area (Å²) in [6.45, 7) is 0. The number of aromatic nitrogens is 2. The molecule has 5 nitrogen and oxygen atoms in total. The number of halogens is 1. The lowest BCUT2D eigenvalue weighted by Gasteiger charge is -2.06. The number of nitrogens with one attached hydrogen (secondary N) is 1. The third-order valence-corrected chi connectivity index (χ3v) is 2.81. The zero-order valence-corrected chi connectivity index (χ0v) is 10.8. The summed E-state index contributed by atoms with van der Waals surface area (Å²) in [6, 6.07) is 12.4. The molecule has 3 aromatic rings. The SMILES string of the molecule is O=C(Nc1cccc(-c2nnco2)c1)c1cccc(F)c1. The second kappa shape index (κ2) is 5.54. The van der Waals surface area contributed by atoms with Crippen LogP contribution in [0.4, 0.5) is 10.1 Å². The third kappa shape index (κ3) is 2.94. The molecular weight excluding hydrogens is 273 g/mol. The topological polar surface area (TPSA) is 68.0 Å². The number of carbonyl (C=O) groups excluding carboxylic acids is 1. The quantitative estimate of drug-likeness (QED) is 0.801. The molecule has 3 rings (SSSR count). The van der Waals surface area contributed by atoms with Crippen LogP contribution in [0.25, 0.3) is 11.5 Å². The van der Waals surface area contributed by atoms with Gasteiger partial charge in [-0.1, -0.05) is 12.1 Å². The van der Waals surface area contributed by atoms with E-state index in [4.69, 9.17) is 4.42 Å². The van der Waals surface area contributed by atoms with Crippen LogP contribution in [0.3, 0.4) is 0 Å². The molecule has 0 atom stereocenters. The normalized spacial score (nSPS) is 10.3. The van der Waals surface area contributed by atoms with Crippen molar-refractivity contribution in [2.24, 2.45) is 0 Å². The predicted octanol–water partition coefficient (Wildman–Crippen LogP) is 3.13. The van der Waals surface area contributed by atoms with Crippen LogP contribution in [-0.2, 0) is 0 Å². The van der Waals surface area contributed by atoms with Crippen molar-refractivity contribution in [3.05, 3.63) is 66.3 Å². The Morgan fingerprint density at radius 1 is 1.14 bits per heavy atom. The van der Waals surface area contributed by atoms with Crippen LogP contribution in [0.1, 0.15) is 10.4 Å². The van der Waals surface area contributed by atoms with Gasteiger partial charge in [-0.15, -0.1) is 10.2 Å². The Morgan fingerprint density at radius 3 is 2.76 bits per heavy atom. The molecular formula is C15H10FN3O2. The zero-order chi connectivity index (χ0) is 14.7. The molecule has 104 valence electrons. The standard InChI is InChI=1S/C15H10FN3O2/c16-12-5-1-3-10(7-12)14(20)18-13-6-2-4-11(8-13)15-19-17-9-21-15/h1-9H,(H,18,20). The zero-order valence-electron chi connectivity index (χ0n) is 10.8. The number of amides is 1. The largest absolute Gasteiger partial charge is 0.423 e. The first-order chi connectivity index (χ1) is 10.2. The summed E-state index contributed by atoms with van der Waals surface area (Å²) in [5, 5.41) is 10.1. The van der Waals surface area contributed by atoms with E-state index in [9.17, 15) is 9.18 Å². The molecule has 0 radical (unpaired) electrons. The van der Waals surface area contributed by atoms with E-state index in [-0.39, 0.29) is 5.56 Å². The molecule has 0 saturated heterocycles. The molecule has 1 amide bonds. The fourth-order valence-corrected chi connectivity index (χ4v) is 1.86. The van der Waals surface area contributed by atoms with Gasteiger partial charge in [0.2, 0.25) is 12.3 Å². The lowest BCUT2D eigenvalue weighted by atomic mass is 10.1. The summed E-state index contributed by atoms with van der Waals surface area (Å²) in [5.74, 6) is -0.490. The Hall–Kier alpha value is -3.02. The van der Waals surface area contributed by atoms with E-state index in [0.29, 0.717) is 17.1 Å². The van der Waals surface area contributed by atoms with Crippen molar-refractivity contribution >= 4 is 11.6 Å². The molecule has 6 heteroatoms. The first kappa shape index (κ1) is 13.0. The van der Waals surface area contributed by atoms with Crippen LogP contribution in [0.2, 0.25) is 0 Å².